The molecule has 0 unspecified atom stereocenters. The molecule has 0 radical (unpaired) electrons. The van der Waals surface area contributed by atoms with Crippen molar-refractivity contribution in [2.24, 2.45) is 0 Å². The molecular weight excluding hydrogens is 316 g/mol. The second-order valence-electron chi connectivity index (χ2n) is 5.52. The molecule has 0 aliphatic heterocycles. The van der Waals surface area contributed by atoms with Gasteiger partial charge in [-0.2, -0.15) is 0 Å². The summed E-state index contributed by atoms with van der Waals surface area (Å²) in [5.74, 6) is -0.735. The molecule has 4 nitrogen and oxygen atoms in total. The maximum Gasteiger partial charge on any atom is 0.334 e. The summed E-state index contributed by atoms with van der Waals surface area (Å²) in [5.41, 5.74) is 2.34. The molecule has 0 spiro atoms. The SMILES string of the molecule is CC=C(CCC(=O)OCc1ccccc1)C(=O)OCc1ccccc1. The largest absolute Gasteiger partial charge is 0.461 e. The van der Waals surface area contributed by atoms with Crippen molar-refractivity contribution < 1.29 is 19.1 Å². The Labute approximate surface area is 148 Å². The van der Waals surface area contributed by atoms with Gasteiger partial charge in [0, 0.05) is 12.0 Å². The summed E-state index contributed by atoms with van der Waals surface area (Å²) in [7, 11) is 0. The molecular formula is C21H22O4. The zero-order valence-corrected chi connectivity index (χ0v) is 14.3. The Hall–Kier alpha value is -2.88. The van der Waals surface area contributed by atoms with Gasteiger partial charge in [0.15, 0.2) is 0 Å². The van der Waals surface area contributed by atoms with E-state index in [1.165, 1.54) is 0 Å². The van der Waals surface area contributed by atoms with Gasteiger partial charge in [-0.1, -0.05) is 66.7 Å². The quantitative estimate of drug-likeness (QED) is 0.535. The number of benzene rings is 2. The number of rotatable bonds is 8. The molecule has 2 aromatic carbocycles. The van der Waals surface area contributed by atoms with Crippen LogP contribution in [0.4, 0.5) is 0 Å². The first-order valence-corrected chi connectivity index (χ1v) is 8.25. The van der Waals surface area contributed by atoms with Crippen LogP contribution in [0, 0.1) is 0 Å². The van der Waals surface area contributed by atoms with Crippen molar-refractivity contribution in [1.29, 1.82) is 0 Å². The lowest BCUT2D eigenvalue weighted by Gasteiger charge is -2.09. The van der Waals surface area contributed by atoms with E-state index in [9.17, 15) is 9.59 Å². The van der Waals surface area contributed by atoms with Gasteiger partial charge in [0.2, 0.25) is 0 Å². The number of hydrogen-bond acceptors (Lipinski definition) is 4. The van der Waals surface area contributed by atoms with Crippen LogP contribution in [0.3, 0.4) is 0 Å². The first-order valence-electron chi connectivity index (χ1n) is 8.25. The first kappa shape index (κ1) is 18.5. The second-order valence-corrected chi connectivity index (χ2v) is 5.52. The molecule has 2 aromatic rings. The third-order valence-electron chi connectivity index (χ3n) is 3.66. The molecule has 0 fully saturated rings. The van der Waals surface area contributed by atoms with E-state index in [2.05, 4.69) is 0 Å². The summed E-state index contributed by atoms with van der Waals surface area (Å²) in [6, 6.07) is 19.0. The van der Waals surface area contributed by atoms with E-state index in [1.54, 1.807) is 13.0 Å². The van der Waals surface area contributed by atoms with Crippen molar-refractivity contribution in [2.45, 2.75) is 33.0 Å². The first-order chi connectivity index (χ1) is 12.2. The minimum atomic E-state index is -0.401. The van der Waals surface area contributed by atoms with E-state index in [4.69, 9.17) is 9.47 Å². The van der Waals surface area contributed by atoms with Crippen LogP contribution in [0.15, 0.2) is 72.3 Å². The number of hydrogen-bond donors (Lipinski definition) is 0. The number of carbonyl (C=O) groups is 2. The van der Waals surface area contributed by atoms with Crippen LogP contribution >= 0.6 is 0 Å². The number of allylic oxidation sites excluding steroid dienone is 1. The van der Waals surface area contributed by atoms with Crippen molar-refractivity contribution in [1.82, 2.24) is 0 Å². The van der Waals surface area contributed by atoms with Gasteiger partial charge in [-0.25, -0.2) is 4.79 Å². The Bertz CT molecular complexity index is 705. The van der Waals surface area contributed by atoms with Gasteiger partial charge < -0.3 is 9.47 Å². The van der Waals surface area contributed by atoms with E-state index >= 15 is 0 Å². The fourth-order valence-corrected chi connectivity index (χ4v) is 2.23. The zero-order chi connectivity index (χ0) is 17.9. The van der Waals surface area contributed by atoms with Gasteiger partial charge in [0.1, 0.15) is 13.2 Å². The van der Waals surface area contributed by atoms with Gasteiger partial charge in [-0.15, -0.1) is 0 Å². The van der Waals surface area contributed by atoms with Gasteiger partial charge in [-0.3, -0.25) is 4.79 Å². The standard InChI is InChI=1S/C21H22O4/c1-2-19(21(23)25-16-18-11-7-4-8-12-18)13-14-20(22)24-15-17-9-5-3-6-10-17/h2-12H,13-16H2,1H3. The molecule has 0 aliphatic rings. The molecule has 0 saturated heterocycles. The van der Waals surface area contributed by atoms with E-state index in [0.29, 0.717) is 12.0 Å². The van der Waals surface area contributed by atoms with Gasteiger partial charge >= 0.3 is 11.9 Å². The molecule has 25 heavy (non-hydrogen) atoms. The predicted octanol–water partition coefficient (Wildman–Crippen LogP) is 4.20. The van der Waals surface area contributed by atoms with Gasteiger partial charge in [0.25, 0.3) is 0 Å². The van der Waals surface area contributed by atoms with Crippen LogP contribution < -0.4 is 0 Å². The fraction of sp³-hybridized carbons (Fsp3) is 0.238. The van der Waals surface area contributed by atoms with Crippen LogP contribution in [-0.2, 0) is 32.3 Å². The highest BCUT2D eigenvalue weighted by Crippen LogP contribution is 2.11. The smallest absolute Gasteiger partial charge is 0.334 e. The lowest BCUT2D eigenvalue weighted by atomic mass is 10.1. The summed E-state index contributed by atoms with van der Waals surface area (Å²) >= 11 is 0. The number of ether oxygens (including phenoxy) is 2. The van der Waals surface area contributed by atoms with Crippen LogP contribution in [0.1, 0.15) is 30.9 Å². The zero-order valence-electron chi connectivity index (χ0n) is 14.3. The van der Waals surface area contributed by atoms with E-state index < -0.39 is 5.97 Å². The molecule has 0 aliphatic carbocycles. The topological polar surface area (TPSA) is 52.6 Å². The lowest BCUT2D eigenvalue weighted by molar-refractivity contribution is -0.145. The highest BCUT2D eigenvalue weighted by Gasteiger charge is 2.13. The van der Waals surface area contributed by atoms with Crippen LogP contribution in [-0.4, -0.2) is 11.9 Å². The monoisotopic (exact) mass is 338 g/mol. The molecule has 0 N–H and O–H groups in total. The lowest BCUT2D eigenvalue weighted by Crippen LogP contribution is -2.11. The molecule has 130 valence electrons. The summed E-state index contributed by atoms with van der Waals surface area (Å²) in [6.07, 6.45) is 2.13. The van der Waals surface area contributed by atoms with Gasteiger partial charge in [0.05, 0.1) is 0 Å². The molecule has 0 aromatic heterocycles. The van der Waals surface area contributed by atoms with Crippen molar-refractivity contribution >= 4 is 11.9 Å². The van der Waals surface area contributed by atoms with Gasteiger partial charge in [-0.05, 0) is 24.5 Å². The third kappa shape index (κ3) is 6.63. The van der Waals surface area contributed by atoms with Crippen LogP contribution in [0.5, 0.6) is 0 Å². The predicted molar refractivity (Wildman–Crippen MR) is 95.5 cm³/mol. The van der Waals surface area contributed by atoms with Crippen molar-refractivity contribution in [2.75, 3.05) is 0 Å². The molecule has 4 heteroatoms. The molecule has 2 rings (SSSR count). The molecule has 0 atom stereocenters. The minimum Gasteiger partial charge on any atom is -0.461 e. The van der Waals surface area contributed by atoms with Crippen LogP contribution in [0.25, 0.3) is 0 Å². The maximum absolute atomic E-state index is 12.1. The number of carbonyl (C=O) groups excluding carboxylic acids is 2. The summed E-state index contributed by atoms with van der Waals surface area (Å²) in [4.78, 5) is 23.9. The fourth-order valence-electron chi connectivity index (χ4n) is 2.23. The molecule has 0 heterocycles. The highest BCUT2D eigenvalue weighted by atomic mass is 16.5. The van der Waals surface area contributed by atoms with Crippen molar-refractivity contribution in [3.05, 3.63) is 83.4 Å². The minimum absolute atomic E-state index is 0.146. The Morgan fingerprint density at radius 1 is 0.800 bits per heavy atom. The Morgan fingerprint density at radius 2 is 1.32 bits per heavy atom. The van der Waals surface area contributed by atoms with E-state index in [-0.39, 0.29) is 25.6 Å². The molecule has 0 bridgehead atoms. The van der Waals surface area contributed by atoms with E-state index in [0.717, 1.165) is 11.1 Å². The van der Waals surface area contributed by atoms with Crippen LogP contribution in [0.2, 0.25) is 0 Å². The third-order valence-corrected chi connectivity index (χ3v) is 3.66. The summed E-state index contributed by atoms with van der Waals surface area (Å²) in [5, 5.41) is 0. The number of esters is 2. The Kier molecular flexibility index (Phi) is 7.44. The van der Waals surface area contributed by atoms with Crippen molar-refractivity contribution in [3.8, 4) is 0 Å². The van der Waals surface area contributed by atoms with E-state index in [1.807, 2.05) is 60.7 Å². The Balaban J connectivity index is 1.73. The maximum atomic E-state index is 12.1. The average Bonchev–Trinajstić information content (AvgIpc) is 2.67. The second kappa shape index (κ2) is 10.1. The molecule has 0 amide bonds. The Morgan fingerprint density at radius 3 is 1.84 bits per heavy atom. The normalized spacial score (nSPS) is 11.0. The highest BCUT2D eigenvalue weighted by molar-refractivity contribution is 5.89. The summed E-state index contributed by atoms with van der Waals surface area (Å²) in [6.45, 7) is 2.22. The summed E-state index contributed by atoms with van der Waals surface area (Å²) < 4.78 is 10.5. The average molecular weight is 338 g/mol. The van der Waals surface area contributed by atoms with Crippen molar-refractivity contribution in [3.63, 3.8) is 0 Å². The molecule has 0 saturated carbocycles.